The van der Waals surface area contributed by atoms with Gasteiger partial charge in [-0.25, -0.2) is 4.98 Å². The standard InChI is InChI=1S/C14H21ClN4O/c1-16-12-7-6-11(15)13(17-12)14(20)19(3)9-10-5-4-8-18(10)2/h6-7,10H,4-5,8-9H2,1-3H3,(H,16,17). The van der Waals surface area contributed by atoms with Crippen molar-refractivity contribution in [2.75, 3.05) is 39.5 Å². The fraction of sp³-hybridized carbons (Fsp3) is 0.571. The summed E-state index contributed by atoms with van der Waals surface area (Å²) in [6, 6.07) is 3.88. The number of amides is 1. The van der Waals surface area contributed by atoms with Gasteiger partial charge in [0.2, 0.25) is 0 Å². The number of rotatable bonds is 4. The first-order valence-corrected chi connectivity index (χ1v) is 7.20. The molecule has 1 aliphatic rings. The van der Waals surface area contributed by atoms with Crippen molar-refractivity contribution in [3.05, 3.63) is 22.8 Å². The van der Waals surface area contributed by atoms with E-state index in [0.29, 0.717) is 29.1 Å². The van der Waals surface area contributed by atoms with Gasteiger partial charge in [-0.05, 0) is 38.6 Å². The number of halogens is 1. The third-order valence-electron chi connectivity index (χ3n) is 3.81. The predicted molar refractivity (Wildman–Crippen MR) is 81.4 cm³/mol. The minimum absolute atomic E-state index is 0.132. The molecule has 2 rings (SSSR count). The van der Waals surface area contributed by atoms with Crippen molar-refractivity contribution in [3.63, 3.8) is 0 Å². The van der Waals surface area contributed by atoms with Gasteiger partial charge in [-0.15, -0.1) is 0 Å². The van der Waals surface area contributed by atoms with Crippen LogP contribution in [0, 0.1) is 0 Å². The molecule has 1 aromatic heterocycles. The number of nitrogens with one attached hydrogen (secondary N) is 1. The molecule has 0 spiro atoms. The van der Waals surface area contributed by atoms with Crippen LogP contribution in [0.3, 0.4) is 0 Å². The Kier molecular flexibility index (Phi) is 4.83. The van der Waals surface area contributed by atoms with Gasteiger partial charge in [0.1, 0.15) is 11.5 Å². The maximum atomic E-state index is 12.5. The molecule has 20 heavy (non-hydrogen) atoms. The fourth-order valence-electron chi connectivity index (χ4n) is 2.52. The van der Waals surface area contributed by atoms with E-state index in [1.807, 2.05) is 0 Å². The van der Waals surface area contributed by atoms with Crippen LogP contribution in [0.4, 0.5) is 5.82 Å². The van der Waals surface area contributed by atoms with Gasteiger partial charge >= 0.3 is 0 Å². The molecular weight excluding hydrogens is 276 g/mol. The van der Waals surface area contributed by atoms with Crippen molar-refractivity contribution in [1.29, 1.82) is 0 Å². The number of anilines is 1. The molecule has 0 aliphatic carbocycles. The Balaban J connectivity index is 2.10. The summed E-state index contributed by atoms with van der Waals surface area (Å²) in [5.41, 5.74) is 0.307. The van der Waals surface area contributed by atoms with Crippen LogP contribution in [0.15, 0.2) is 12.1 Å². The van der Waals surface area contributed by atoms with Gasteiger partial charge < -0.3 is 15.1 Å². The van der Waals surface area contributed by atoms with Gasteiger partial charge in [0.15, 0.2) is 0 Å². The van der Waals surface area contributed by atoms with Crippen LogP contribution >= 0.6 is 11.6 Å². The molecule has 2 heterocycles. The summed E-state index contributed by atoms with van der Waals surface area (Å²) < 4.78 is 0. The summed E-state index contributed by atoms with van der Waals surface area (Å²) in [4.78, 5) is 20.7. The van der Waals surface area contributed by atoms with Crippen molar-refractivity contribution in [1.82, 2.24) is 14.8 Å². The van der Waals surface area contributed by atoms with Crippen LogP contribution in [-0.2, 0) is 0 Å². The number of carbonyl (C=O) groups is 1. The van der Waals surface area contributed by atoms with Gasteiger partial charge in [-0.1, -0.05) is 11.6 Å². The van der Waals surface area contributed by atoms with Crippen LogP contribution in [0.1, 0.15) is 23.3 Å². The summed E-state index contributed by atoms with van der Waals surface area (Å²) in [6.07, 6.45) is 2.32. The minimum atomic E-state index is -0.132. The first-order valence-electron chi connectivity index (χ1n) is 6.83. The molecule has 1 saturated heterocycles. The van der Waals surface area contributed by atoms with Crippen LogP contribution in [-0.4, -0.2) is 61.0 Å². The molecule has 1 unspecified atom stereocenters. The second kappa shape index (κ2) is 6.41. The lowest BCUT2D eigenvalue weighted by Gasteiger charge is -2.26. The van der Waals surface area contributed by atoms with Gasteiger partial charge in [-0.3, -0.25) is 4.79 Å². The SMILES string of the molecule is CNc1ccc(Cl)c(C(=O)N(C)CC2CCCN2C)n1. The quantitative estimate of drug-likeness (QED) is 0.922. The van der Waals surface area contributed by atoms with E-state index in [-0.39, 0.29) is 5.91 Å². The number of pyridine rings is 1. The molecule has 1 aliphatic heterocycles. The van der Waals surface area contributed by atoms with Crippen molar-refractivity contribution in [2.24, 2.45) is 0 Å². The zero-order valence-corrected chi connectivity index (χ0v) is 12.9. The summed E-state index contributed by atoms with van der Waals surface area (Å²) >= 11 is 6.09. The number of hydrogen-bond acceptors (Lipinski definition) is 4. The Morgan fingerprint density at radius 1 is 1.60 bits per heavy atom. The first kappa shape index (κ1) is 15.1. The molecule has 1 N–H and O–H groups in total. The summed E-state index contributed by atoms with van der Waals surface area (Å²) in [5.74, 6) is 0.511. The van der Waals surface area contributed by atoms with E-state index >= 15 is 0 Å². The molecular formula is C14H21ClN4O. The van der Waals surface area contributed by atoms with E-state index in [1.54, 1.807) is 31.1 Å². The van der Waals surface area contributed by atoms with E-state index in [9.17, 15) is 4.79 Å². The Morgan fingerprint density at radius 2 is 2.35 bits per heavy atom. The largest absolute Gasteiger partial charge is 0.373 e. The summed E-state index contributed by atoms with van der Waals surface area (Å²) in [5, 5.41) is 3.31. The molecule has 0 radical (unpaired) electrons. The van der Waals surface area contributed by atoms with Crippen molar-refractivity contribution < 1.29 is 4.79 Å². The highest BCUT2D eigenvalue weighted by atomic mass is 35.5. The van der Waals surface area contributed by atoms with Crippen LogP contribution < -0.4 is 5.32 Å². The van der Waals surface area contributed by atoms with E-state index in [2.05, 4.69) is 22.2 Å². The molecule has 0 aromatic carbocycles. The number of carbonyl (C=O) groups excluding carboxylic acids is 1. The van der Waals surface area contributed by atoms with E-state index in [0.717, 1.165) is 13.0 Å². The molecule has 1 aromatic rings. The fourth-order valence-corrected chi connectivity index (χ4v) is 2.71. The summed E-state index contributed by atoms with van der Waals surface area (Å²) in [6.45, 7) is 1.80. The third kappa shape index (κ3) is 3.22. The average Bonchev–Trinajstić information content (AvgIpc) is 2.84. The molecule has 6 heteroatoms. The van der Waals surface area contributed by atoms with Crippen molar-refractivity contribution in [2.45, 2.75) is 18.9 Å². The maximum absolute atomic E-state index is 12.5. The van der Waals surface area contributed by atoms with Crippen LogP contribution in [0.5, 0.6) is 0 Å². The lowest BCUT2D eigenvalue weighted by atomic mass is 10.2. The molecule has 0 bridgehead atoms. The van der Waals surface area contributed by atoms with Crippen LogP contribution in [0.2, 0.25) is 5.02 Å². The molecule has 110 valence electrons. The Bertz CT molecular complexity index is 494. The van der Waals surface area contributed by atoms with E-state index in [1.165, 1.54) is 6.42 Å². The Morgan fingerprint density at radius 3 is 2.95 bits per heavy atom. The maximum Gasteiger partial charge on any atom is 0.273 e. The molecule has 1 amide bonds. The topological polar surface area (TPSA) is 48.5 Å². The smallest absolute Gasteiger partial charge is 0.273 e. The Labute approximate surface area is 124 Å². The third-order valence-corrected chi connectivity index (χ3v) is 4.11. The van der Waals surface area contributed by atoms with Gasteiger partial charge in [-0.2, -0.15) is 0 Å². The minimum Gasteiger partial charge on any atom is -0.373 e. The number of aromatic nitrogens is 1. The van der Waals surface area contributed by atoms with Crippen molar-refractivity contribution >= 4 is 23.3 Å². The average molecular weight is 297 g/mol. The lowest BCUT2D eigenvalue weighted by Crippen LogP contribution is -2.39. The number of likely N-dealkylation sites (tertiary alicyclic amines) is 1. The first-order chi connectivity index (χ1) is 9.52. The zero-order valence-electron chi connectivity index (χ0n) is 12.2. The molecule has 1 atom stereocenters. The second-order valence-corrected chi connectivity index (χ2v) is 5.65. The van der Waals surface area contributed by atoms with Crippen LogP contribution in [0.25, 0.3) is 0 Å². The monoisotopic (exact) mass is 296 g/mol. The van der Waals surface area contributed by atoms with E-state index < -0.39 is 0 Å². The predicted octanol–water partition coefficient (Wildman–Crippen LogP) is 1.94. The lowest BCUT2D eigenvalue weighted by molar-refractivity contribution is 0.0756. The molecule has 0 saturated carbocycles. The normalized spacial score (nSPS) is 19.1. The molecule has 1 fully saturated rings. The Hall–Kier alpha value is -1.33. The van der Waals surface area contributed by atoms with Gasteiger partial charge in [0.05, 0.1) is 5.02 Å². The highest BCUT2D eigenvalue weighted by Gasteiger charge is 2.25. The van der Waals surface area contributed by atoms with E-state index in [4.69, 9.17) is 11.6 Å². The van der Waals surface area contributed by atoms with Gasteiger partial charge in [0, 0.05) is 26.7 Å². The highest BCUT2D eigenvalue weighted by molar-refractivity contribution is 6.33. The number of hydrogen-bond donors (Lipinski definition) is 1. The summed E-state index contributed by atoms with van der Waals surface area (Å²) in [7, 11) is 5.67. The van der Waals surface area contributed by atoms with Crippen molar-refractivity contribution in [3.8, 4) is 0 Å². The second-order valence-electron chi connectivity index (χ2n) is 5.24. The van der Waals surface area contributed by atoms with Gasteiger partial charge in [0.25, 0.3) is 5.91 Å². The highest BCUT2D eigenvalue weighted by Crippen LogP contribution is 2.20. The zero-order chi connectivity index (χ0) is 14.7. The molecule has 5 nitrogen and oxygen atoms in total. The number of likely N-dealkylation sites (N-methyl/N-ethyl adjacent to an activating group) is 2. The number of nitrogens with zero attached hydrogens (tertiary/aromatic N) is 3.